The van der Waals surface area contributed by atoms with Crippen LogP contribution in [0.5, 0.6) is 0 Å². The number of rotatable bonds is 1. The Morgan fingerprint density at radius 1 is 1.47 bits per heavy atom. The van der Waals surface area contributed by atoms with Crippen LogP contribution in [-0.4, -0.2) is 26.9 Å². The maximum absolute atomic E-state index is 11.4. The van der Waals surface area contributed by atoms with Crippen LogP contribution in [0.4, 0.5) is 5.69 Å². The van der Waals surface area contributed by atoms with E-state index in [1.807, 2.05) is 6.92 Å². The van der Waals surface area contributed by atoms with Gasteiger partial charge in [0.1, 0.15) is 0 Å². The number of amidine groups is 1. The van der Waals surface area contributed by atoms with E-state index in [0.717, 1.165) is 15.4 Å². The van der Waals surface area contributed by atoms with Crippen molar-refractivity contribution >= 4 is 54.9 Å². The van der Waals surface area contributed by atoms with Crippen molar-refractivity contribution in [3.63, 3.8) is 0 Å². The van der Waals surface area contributed by atoms with Crippen LogP contribution in [0.15, 0.2) is 17.1 Å². The molecule has 0 heterocycles. The van der Waals surface area contributed by atoms with Crippen LogP contribution in [0, 0.1) is 10.5 Å². The van der Waals surface area contributed by atoms with E-state index in [0.29, 0.717) is 10.7 Å². The Morgan fingerprint density at radius 3 is 2.53 bits per heavy atom. The van der Waals surface area contributed by atoms with Crippen LogP contribution >= 0.6 is 34.2 Å². The van der Waals surface area contributed by atoms with Gasteiger partial charge in [0, 0.05) is 16.9 Å². The Bertz CT molecular complexity index is 570. The predicted octanol–water partition coefficient (Wildman–Crippen LogP) is 2.50. The number of benzene rings is 1. The molecule has 1 aromatic rings. The minimum Gasteiger partial charge on any atom is -0.364 e. The van der Waals surface area contributed by atoms with Gasteiger partial charge in [-0.25, -0.2) is 13.4 Å². The van der Waals surface area contributed by atoms with Gasteiger partial charge in [-0.2, -0.15) is 0 Å². The monoisotopic (exact) mass is 386 g/mol. The van der Waals surface area contributed by atoms with Crippen molar-refractivity contribution in [2.24, 2.45) is 4.99 Å². The number of halogens is 2. The van der Waals surface area contributed by atoms with Gasteiger partial charge in [-0.1, -0.05) is 11.6 Å². The number of sulfone groups is 1. The third-order valence-corrected chi connectivity index (χ3v) is 4.55. The maximum Gasteiger partial charge on any atom is 0.220 e. The molecule has 0 atom stereocenters. The molecular formula is C10H12ClIN2O2S. The summed E-state index contributed by atoms with van der Waals surface area (Å²) in [7, 11) is -1.83. The summed E-state index contributed by atoms with van der Waals surface area (Å²) in [5.41, 5.74) is 1.42. The highest BCUT2D eigenvalue weighted by Crippen LogP contribution is 2.28. The zero-order valence-corrected chi connectivity index (χ0v) is 13.3. The first kappa shape index (κ1) is 14.7. The second-order valence-electron chi connectivity index (χ2n) is 3.49. The molecule has 0 bridgehead atoms. The topological polar surface area (TPSA) is 58.5 Å². The first-order valence-electron chi connectivity index (χ1n) is 4.68. The molecule has 17 heavy (non-hydrogen) atoms. The Labute approximate surface area is 120 Å². The van der Waals surface area contributed by atoms with E-state index in [9.17, 15) is 8.42 Å². The first-order chi connectivity index (χ1) is 7.75. The summed E-state index contributed by atoms with van der Waals surface area (Å²) in [5.74, 6) is 0. The molecule has 0 amide bonds. The second-order valence-corrected chi connectivity index (χ2v) is 6.99. The van der Waals surface area contributed by atoms with E-state index >= 15 is 0 Å². The molecule has 94 valence electrons. The molecule has 0 saturated carbocycles. The molecule has 1 N–H and O–H groups in total. The van der Waals surface area contributed by atoms with Crippen molar-refractivity contribution in [2.45, 2.75) is 6.92 Å². The van der Waals surface area contributed by atoms with Crippen molar-refractivity contribution in [3.8, 4) is 0 Å². The number of hydrogen-bond acceptors (Lipinski definition) is 3. The van der Waals surface area contributed by atoms with E-state index in [1.165, 1.54) is 7.05 Å². The predicted molar refractivity (Wildman–Crippen MR) is 79.9 cm³/mol. The smallest absolute Gasteiger partial charge is 0.220 e. The number of nitrogens with zero attached hydrogens (tertiary/aromatic N) is 1. The molecule has 0 aliphatic carbocycles. The SMILES string of the molecule is CN/C(=N\c1cc(I)c(Cl)cc1C)S(C)(=O)=O. The minimum atomic E-state index is -3.35. The summed E-state index contributed by atoms with van der Waals surface area (Å²) >= 11 is 8.03. The van der Waals surface area contributed by atoms with Crippen LogP contribution in [-0.2, 0) is 9.84 Å². The van der Waals surface area contributed by atoms with E-state index in [4.69, 9.17) is 11.6 Å². The van der Waals surface area contributed by atoms with Crippen LogP contribution < -0.4 is 5.32 Å². The quantitative estimate of drug-likeness (QED) is 0.458. The Balaban J connectivity index is 3.36. The molecule has 0 fully saturated rings. The third kappa shape index (κ3) is 3.82. The molecule has 4 nitrogen and oxygen atoms in total. The van der Waals surface area contributed by atoms with Crippen molar-refractivity contribution < 1.29 is 8.42 Å². The highest BCUT2D eigenvalue weighted by Gasteiger charge is 2.12. The van der Waals surface area contributed by atoms with E-state index in [1.54, 1.807) is 12.1 Å². The van der Waals surface area contributed by atoms with Gasteiger partial charge in [-0.15, -0.1) is 0 Å². The summed E-state index contributed by atoms with van der Waals surface area (Å²) in [4.78, 5) is 4.10. The molecule has 0 spiro atoms. The average Bonchev–Trinajstić information content (AvgIpc) is 2.19. The summed E-state index contributed by atoms with van der Waals surface area (Å²) in [6.45, 7) is 1.83. The fourth-order valence-electron chi connectivity index (χ4n) is 1.19. The lowest BCUT2D eigenvalue weighted by Gasteiger charge is -2.06. The Morgan fingerprint density at radius 2 is 2.06 bits per heavy atom. The number of aryl methyl sites for hydroxylation is 1. The zero-order valence-electron chi connectivity index (χ0n) is 9.58. The van der Waals surface area contributed by atoms with Crippen LogP contribution in [0.1, 0.15) is 5.56 Å². The van der Waals surface area contributed by atoms with E-state index in [2.05, 4.69) is 32.9 Å². The fraction of sp³-hybridized carbons (Fsp3) is 0.300. The molecule has 0 aliphatic rings. The van der Waals surface area contributed by atoms with Gasteiger partial charge >= 0.3 is 0 Å². The molecule has 1 aromatic carbocycles. The normalized spacial score (nSPS) is 12.6. The lowest BCUT2D eigenvalue weighted by molar-refractivity contribution is 0.611. The Kier molecular flexibility index (Phi) is 4.79. The fourth-order valence-corrected chi connectivity index (χ4v) is 2.49. The number of nitrogens with one attached hydrogen (secondary N) is 1. The van der Waals surface area contributed by atoms with Gasteiger partial charge < -0.3 is 5.32 Å². The highest BCUT2D eigenvalue weighted by atomic mass is 127. The van der Waals surface area contributed by atoms with Crippen molar-refractivity contribution in [1.82, 2.24) is 5.32 Å². The molecule has 1 rings (SSSR count). The number of aliphatic imine (C=N–C) groups is 1. The van der Waals surface area contributed by atoms with Crippen molar-refractivity contribution in [2.75, 3.05) is 13.3 Å². The maximum atomic E-state index is 11.4. The van der Waals surface area contributed by atoms with E-state index < -0.39 is 9.84 Å². The molecule has 7 heteroatoms. The average molecular weight is 387 g/mol. The molecular weight excluding hydrogens is 375 g/mol. The second kappa shape index (κ2) is 5.53. The minimum absolute atomic E-state index is 0.0567. The van der Waals surface area contributed by atoms with Crippen molar-refractivity contribution in [3.05, 3.63) is 26.3 Å². The van der Waals surface area contributed by atoms with Gasteiger partial charge in [0.05, 0.1) is 10.7 Å². The van der Waals surface area contributed by atoms with Gasteiger partial charge in [0.25, 0.3) is 0 Å². The largest absolute Gasteiger partial charge is 0.364 e. The van der Waals surface area contributed by atoms with Crippen molar-refractivity contribution in [1.29, 1.82) is 0 Å². The molecule has 0 radical (unpaired) electrons. The molecule has 0 saturated heterocycles. The summed E-state index contributed by atoms with van der Waals surface area (Å²) < 4.78 is 23.6. The first-order valence-corrected chi connectivity index (χ1v) is 8.02. The highest BCUT2D eigenvalue weighted by molar-refractivity contribution is 14.1. The molecule has 0 unspecified atom stereocenters. The summed E-state index contributed by atoms with van der Waals surface area (Å²) in [6.07, 6.45) is 1.11. The summed E-state index contributed by atoms with van der Waals surface area (Å²) in [6, 6.07) is 3.51. The van der Waals surface area contributed by atoms with Crippen LogP contribution in [0.3, 0.4) is 0 Å². The lowest BCUT2D eigenvalue weighted by Crippen LogP contribution is -2.26. The van der Waals surface area contributed by atoms with E-state index in [-0.39, 0.29) is 5.17 Å². The third-order valence-electron chi connectivity index (χ3n) is 2.03. The Hall–Kier alpha value is -0.340. The molecule has 0 aliphatic heterocycles. The van der Waals surface area contributed by atoms with Gasteiger partial charge in [-0.3, -0.25) is 0 Å². The zero-order chi connectivity index (χ0) is 13.2. The van der Waals surface area contributed by atoms with Crippen LogP contribution in [0.25, 0.3) is 0 Å². The standard InChI is InChI=1S/C10H12ClIN2O2S/c1-6-4-7(11)8(12)5-9(6)14-10(13-2)17(3,15)16/h4-5H,1-3H3,(H,13,14). The van der Waals surface area contributed by atoms with Gasteiger partial charge in [0.2, 0.25) is 15.0 Å². The number of hydrogen-bond donors (Lipinski definition) is 1. The lowest BCUT2D eigenvalue weighted by atomic mass is 10.2. The molecule has 0 aromatic heterocycles. The van der Waals surface area contributed by atoms with Crippen LogP contribution in [0.2, 0.25) is 5.02 Å². The van der Waals surface area contributed by atoms with Gasteiger partial charge in [-0.05, 0) is 47.2 Å². The van der Waals surface area contributed by atoms with Gasteiger partial charge in [0.15, 0.2) is 0 Å². The summed E-state index contributed by atoms with van der Waals surface area (Å²) in [5, 5.41) is 3.15.